The van der Waals surface area contributed by atoms with E-state index in [1.54, 1.807) is 0 Å². The molecular formula is C26H37IN2. The zero-order valence-corrected chi connectivity index (χ0v) is 20.6. The van der Waals surface area contributed by atoms with Gasteiger partial charge in [-0.15, -0.1) is 24.0 Å². The highest BCUT2D eigenvalue weighted by Crippen LogP contribution is 2.13. The van der Waals surface area contributed by atoms with Gasteiger partial charge in [0.1, 0.15) is 0 Å². The van der Waals surface area contributed by atoms with Gasteiger partial charge in [0.2, 0.25) is 0 Å². The van der Waals surface area contributed by atoms with Crippen molar-refractivity contribution in [3.05, 3.63) is 100 Å². The van der Waals surface area contributed by atoms with Gasteiger partial charge in [0.05, 0.1) is 0 Å². The molecule has 0 aliphatic carbocycles. The van der Waals surface area contributed by atoms with Gasteiger partial charge in [0.25, 0.3) is 0 Å². The van der Waals surface area contributed by atoms with Gasteiger partial charge in [-0.3, -0.25) is 4.98 Å². The van der Waals surface area contributed by atoms with Crippen LogP contribution < -0.4 is 5.32 Å². The zero-order valence-electron chi connectivity index (χ0n) is 18.2. The summed E-state index contributed by atoms with van der Waals surface area (Å²) in [5.41, 5.74) is 7.59. The first kappa shape index (κ1) is 25.3. The Labute approximate surface area is 195 Å². The smallest absolute Gasteiger partial charge is 0.0450 e. The van der Waals surface area contributed by atoms with Gasteiger partial charge in [0, 0.05) is 25.8 Å². The summed E-state index contributed by atoms with van der Waals surface area (Å²) in [5, 5.41) is 3.55. The molecule has 3 heteroatoms. The predicted octanol–water partition coefficient (Wildman–Crippen LogP) is 6.90. The van der Waals surface area contributed by atoms with Crippen LogP contribution in [0.15, 0.2) is 66.7 Å². The van der Waals surface area contributed by atoms with E-state index in [2.05, 4.69) is 85.9 Å². The van der Waals surface area contributed by atoms with E-state index in [1.165, 1.54) is 22.3 Å². The van der Waals surface area contributed by atoms with Gasteiger partial charge >= 0.3 is 0 Å². The molecule has 0 atom stereocenters. The standard InChI is InChI=1S/C24H28N2.C2H6.HI.H2/c1-19-8-6-11-22(16-19)17-24-14-13-23(20(2)26-24)18-25-15-7-12-21-9-4-3-5-10-21;1-2;;/h3-6,8-11,13-14,16,25H,7,12,15,17-18H2,1-2H3;1-2H3;2*1H. The van der Waals surface area contributed by atoms with Crippen LogP contribution in [0.3, 0.4) is 0 Å². The van der Waals surface area contributed by atoms with E-state index in [0.717, 1.165) is 43.7 Å². The molecule has 1 N–H and O–H groups in total. The fourth-order valence-corrected chi connectivity index (χ4v) is 3.24. The summed E-state index contributed by atoms with van der Waals surface area (Å²) in [7, 11) is 0. The van der Waals surface area contributed by atoms with E-state index in [-0.39, 0.29) is 25.4 Å². The van der Waals surface area contributed by atoms with Crippen molar-refractivity contribution < 1.29 is 1.43 Å². The van der Waals surface area contributed by atoms with Crippen LogP contribution in [0, 0.1) is 13.8 Å². The first-order valence-corrected chi connectivity index (χ1v) is 10.5. The number of nitrogens with zero attached hydrogens (tertiary/aromatic N) is 1. The molecule has 1 aromatic heterocycles. The minimum atomic E-state index is 0. The maximum Gasteiger partial charge on any atom is 0.0450 e. The molecule has 158 valence electrons. The lowest BCUT2D eigenvalue weighted by atomic mass is 10.1. The van der Waals surface area contributed by atoms with E-state index in [4.69, 9.17) is 4.98 Å². The minimum absolute atomic E-state index is 0. The van der Waals surface area contributed by atoms with Gasteiger partial charge in [0.15, 0.2) is 0 Å². The summed E-state index contributed by atoms with van der Waals surface area (Å²) in [5.74, 6) is 0. The summed E-state index contributed by atoms with van der Waals surface area (Å²) in [4.78, 5) is 4.80. The van der Waals surface area contributed by atoms with Crippen LogP contribution in [0.2, 0.25) is 0 Å². The molecule has 0 bridgehead atoms. The maximum absolute atomic E-state index is 4.80. The Balaban J connectivity index is 0.00000204. The van der Waals surface area contributed by atoms with Gasteiger partial charge in [-0.05, 0) is 56.0 Å². The monoisotopic (exact) mass is 504 g/mol. The predicted molar refractivity (Wildman–Crippen MR) is 138 cm³/mol. The van der Waals surface area contributed by atoms with Crippen molar-refractivity contribution in [2.24, 2.45) is 0 Å². The summed E-state index contributed by atoms with van der Waals surface area (Å²) in [6.07, 6.45) is 3.18. The molecule has 3 rings (SSSR count). The minimum Gasteiger partial charge on any atom is -0.313 e. The molecule has 2 nitrogen and oxygen atoms in total. The molecule has 1 heterocycles. The molecule has 0 amide bonds. The average molecular weight is 504 g/mol. The fourth-order valence-electron chi connectivity index (χ4n) is 3.24. The molecule has 0 fully saturated rings. The van der Waals surface area contributed by atoms with Crippen molar-refractivity contribution in [1.29, 1.82) is 0 Å². The zero-order chi connectivity index (χ0) is 20.2. The number of hydrogen-bond acceptors (Lipinski definition) is 2. The van der Waals surface area contributed by atoms with Crippen LogP contribution in [0.4, 0.5) is 0 Å². The van der Waals surface area contributed by atoms with Crippen molar-refractivity contribution in [3.63, 3.8) is 0 Å². The molecule has 0 aliphatic heterocycles. The number of hydrogen-bond donors (Lipinski definition) is 1. The molecule has 0 saturated heterocycles. The van der Waals surface area contributed by atoms with Crippen LogP contribution >= 0.6 is 24.0 Å². The normalized spacial score (nSPS) is 9.93. The Morgan fingerprint density at radius 1 is 0.862 bits per heavy atom. The molecule has 0 unspecified atom stereocenters. The third-order valence-electron chi connectivity index (χ3n) is 4.70. The average Bonchev–Trinajstić information content (AvgIpc) is 2.71. The summed E-state index contributed by atoms with van der Waals surface area (Å²) in [6, 6.07) is 23.7. The second-order valence-electron chi connectivity index (χ2n) is 6.98. The van der Waals surface area contributed by atoms with Crippen LogP contribution in [0.1, 0.15) is 55.3 Å². The quantitative estimate of drug-likeness (QED) is 0.267. The van der Waals surface area contributed by atoms with Gasteiger partial charge < -0.3 is 5.32 Å². The molecule has 0 saturated carbocycles. The molecule has 3 aromatic rings. The summed E-state index contributed by atoms with van der Waals surface area (Å²) >= 11 is 0. The summed E-state index contributed by atoms with van der Waals surface area (Å²) in [6.45, 7) is 10.2. The SMILES string of the molecule is CC.Cc1cccc(Cc2ccc(CNCCCc3ccccc3)c(C)n2)c1.I.[HH]. The van der Waals surface area contributed by atoms with Gasteiger partial charge in [-0.2, -0.15) is 0 Å². The lowest BCUT2D eigenvalue weighted by molar-refractivity contribution is 0.645. The second kappa shape index (κ2) is 14.3. The van der Waals surface area contributed by atoms with Crippen LogP contribution in [0.5, 0.6) is 0 Å². The number of benzene rings is 2. The van der Waals surface area contributed by atoms with Crippen LogP contribution in [-0.2, 0) is 19.4 Å². The molecular weight excluding hydrogens is 467 g/mol. The molecule has 0 aliphatic rings. The van der Waals surface area contributed by atoms with Crippen molar-refractivity contribution in [1.82, 2.24) is 10.3 Å². The van der Waals surface area contributed by atoms with Crippen LogP contribution in [-0.4, -0.2) is 11.5 Å². The maximum atomic E-state index is 4.80. The molecule has 29 heavy (non-hydrogen) atoms. The topological polar surface area (TPSA) is 24.9 Å². The Bertz CT molecular complexity index is 837. The number of nitrogens with one attached hydrogen (secondary N) is 1. The molecule has 2 aromatic carbocycles. The number of pyridine rings is 1. The van der Waals surface area contributed by atoms with E-state index >= 15 is 0 Å². The van der Waals surface area contributed by atoms with Crippen molar-refractivity contribution in [2.45, 2.75) is 53.5 Å². The lowest BCUT2D eigenvalue weighted by Gasteiger charge is -2.10. The number of rotatable bonds is 8. The Hall–Kier alpha value is -1.72. The first-order chi connectivity index (χ1) is 13.7. The highest BCUT2D eigenvalue weighted by molar-refractivity contribution is 14.0. The molecule has 0 radical (unpaired) electrons. The first-order valence-electron chi connectivity index (χ1n) is 10.5. The van der Waals surface area contributed by atoms with Crippen molar-refractivity contribution in [3.8, 4) is 0 Å². The number of aromatic nitrogens is 1. The Morgan fingerprint density at radius 3 is 2.28 bits per heavy atom. The fraction of sp³-hybridized carbons (Fsp3) is 0.346. The lowest BCUT2D eigenvalue weighted by Crippen LogP contribution is -2.16. The van der Waals surface area contributed by atoms with Crippen LogP contribution in [0.25, 0.3) is 0 Å². The van der Waals surface area contributed by atoms with E-state index in [9.17, 15) is 0 Å². The van der Waals surface area contributed by atoms with Crippen molar-refractivity contribution in [2.75, 3.05) is 6.54 Å². The van der Waals surface area contributed by atoms with Gasteiger partial charge in [-0.25, -0.2) is 0 Å². The third-order valence-corrected chi connectivity index (χ3v) is 4.70. The number of aryl methyl sites for hydroxylation is 3. The summed E-state index contributed by atoms with van der Waals surface area (Å²) < 4.78 is 0. The Kier molecular flexibility index (Phi) is 12.5. The van der Waals surface area contributed by atoms with E-state index in [0.29, 0.717) is 0 Å². The Morgan fingerprint density at radius 2 is 1.59 bits per heavy atom. The van der Waals surface area contributed by atoms with E-state index in [1.807, 2.05) is 13.8 Å². The highest BCUT2D eigenvalue weighted by atomic mass is 127. The molecule has 0 spiro atoms. The van der Waals surface area contributed by atoms with E-state index < -0.39 is 0 Å². The largest absolute Gasteiger partial charge is 0.313 e. The second-order valence-corrected chi connectivity index (χ2v) is 6.98. The third kappa shape index (κ3) is 9.09. The van der Waals surface area contributed by atoms with Crippen molar-refractivity contribution >= 4 is 24.0 Å². The highest BCUT2D eigenvalue weighted by Gasteiger charge is 2.03. The van der Waals surface area contributed by atoms with Gasteiger partial charge in [-0.1, -0.05) is 80.1 Å². The number of halogens is 1.